The van der Waals surface area contributed by atoms with Gasteiger partial charge in [0.2, 0.25) is 17.5 Å². The lowest BCUT2D eigenvalue weighted by Crippen LogP contribution is -2.49. The number of hydrogen-bond acceptors (Lipinski definition) is 8. The van der Waals surface area contributed by atoms with Gasteiger partial charge in [-0.15, -0.1) is 11.8 Å². The predicted molar refractivity (Wildman–Crippen MR) is 111 cm³/mol. The molecule has 0 bridgehead atoms. The summed E-state index contributed by atoms with van der Waals surface area (Å²) in [5.41, 5.74) is 0.301. The van der Waals surface area contributed by atoms with Gasteiger partial charge in [0.25, 0.3) is 0 Å². The zero-order valence-electron chi connectivity index (χ0n) is 16.6. The molecule has 3 rings (SSSR count). The molecule has 8 nitrogen and oxygen atoms in total. The van der Waals surface area contributed by atoms with E-state index in [9.17, 15) is 4.79 Å². The zero-order valence-corrected chi connectivity index (χ0v) is 17.4. The van der Waals surface area contributed by atoms with Crippen LogP contribution in [-0.2, 0) is 4.79 Å². The Morgan fingerprint density at radius 1 is 1.24 bits per heavy atom. The van der Waals surface area contributed by atoms with Gasteiger partial charge in [-0.2, -0.15) is 5.26 Å². The summed E-state index contributed by atoms with van der Waals surface area (Å²) in [6, 6.07) is 9.49. The van der Waals surface area contributed by atoms with Crippen molar-refractivity contribution in [3.63, 3.8) is 0 Å². The van der Waals surface area contributed by atoms with Gasteiger partial charge < -0.3 is 23.7 Å². The summed E-state index contributed by atoms with van der Waals surface area (Å²) >= 11 is 1.56. The van der Waals surface area contributed by atoms with Crippen molar-refractivity contribution in [1.82, 2.24) is 9.88 Å². The van der Waals surface area contributed by atoms with Gasteiger partial charge in [0.15, 0.2) is 5.89 Å². The molecule has 1 aromatic carbocycles. The monoisotopic (exact) mass is 416 g/mol. The van der Waals surface area contributed by atoms with Crippen molar-refractivity contribution in [2.24, 2.45) is 0 Å². The number of anilines is 1. The largest absolute Gasteiger partial charge is 0.497 e. The first-order valence-corrected chi connectivity index (χ1v) is 10.5. The Hall–Kier alpha value is -2.86. The molecule has 1 aliphatic rings. The molecule has 1 saturated heterocycles. The number of carbonyl (C=O) groups excluding carboxylic acids is 1. The third-order valence-corrected chi connectivity index (χ3v) is 5.43. The average molecular weight is 417 g/mol. The third kappa shape index (κ3) is 5.57. The highest BCUT2D eigenvalue weighted by molar-refractivity contribution is 7.99. The Morgan fingerprint density at radius 2 is 1.93 bits per heavy atom. The quantitative estimate of drug-likeness (QED) is 0.606. The van der Waals surface area contributed by atoms with E-state index in [4.69, 9.17) is 19.2 Å². The average Bonchev–Trinajstić information content (AvgIpc) is 3.14. The third-order valence-electron chi connectivity index (χ3n) is 4.52. The van der Waals surface area contributed by atoms with Gasteiger partial charge >= 0.3 is 0 Å². The van der Waals surface area contributed by atoms with Gasteiger partial charge in [0, 0.05) is 38.9 Å². The SMILES string of the molecule is COc1ccc(OCCSCC(=O)N2CCN(c3oc(C)nc3C#N)CC2)cc1. The molecule has 0 saturated carbocycles. The Labute approximate surface area is 174 Å². The Morgan fingerprint density at radius 3 is 2.59 bits per heavy atom. The fourth-order valence-electron chi connectivity index (χ4n) is 3.00. The second-order valence-electron chi connectivity index (χ2n) is 6.44. The van der Waals surface area contributed by atoms with Crippen LogP contribution in [0.4, 0.5) is 5.88 Å². The molecule has 29 heavy (non-hydrogen) atoms. The fourth-order valence-corrected chi connectivity index (χ4v) is 3.71. The number of rotatable bonds is 8. The van der Waals surface area contributed by atoms with E-state index in [0.717, 1.165) is 17.3 Å². The molecule has 1 amide bonds. The molecule has 1 aliphatic heterocycles. The molecule has 1 aromatic heterocycles. The van der Waals surface area contributed by atoms with Gasteiger partial charge in [-0.1, -0.05) is 0 Å². The molecule has 0 atom stereocenters. The standard InChI is InChI=1S/C20H24N4O4S/c1-15-22-18(13-21)20(28-15)24-9-7-23(8-10-24)19(25)14-29-12-11-27-17-5-3-16(26-2)4-6-17/h3-6H,7-12,14H2,1-2H3. The van der Waals surface area contributed by atoms with Gasteiger partial charge in [-0.3, -0.25) is 4.79 Å². The maximum atomic E-state index is 12.4. The molecule has 2 aromatic rings. The second kappa shape index (κ2) is 10.1. The minimum absolute atomic E-state index is 0.119. The lowest BCUT2D eigenvalue weighted by molar-refractivity contribution is -0.128. The van der Waals surface area contributed by atoms with Crippen LogP contribution in [0.3, 0.4) is 0 Å². The summed E-state index contributed by atoms with van der Waals surface area (Å²) in [5, 5.41) is 9.16. The normalized spacial score (nSPS) is 13.8. The molecule has 1 fully saturated rings. The number of aryl methyl sites for hydroxylation is 1. The van der Waals surface area contributed by atoms with Crippen molar-refractivity contribution in [3.8, 4) is 17.6 Å². The van der Waals surface area contributed by atoms with Gasteiger partial charge in [-0.25, -0.2) is 4.98 Å². The Balaban J connectivity index is 1.35. The number of benzene rings is 1. The van der Waals surface area contributed by atoms with Gasteiger partial charge in [0.05, 0.1) is 19.5 Å². The molecule has 0 aliphatic carbocycles. The van der Waals surface area contributed by atoms with Crippen molar-refractivity contribution in [2.75, 3.05) is 56.3 Å². The minimum atomic E-state index is 0.119. The Kier molecular flexibility index (Phi) is 7.25. The van der Waals surface area contributed by atoms with Crippen molar-refractivity contribution in [1.29, 1.82) is 5.26 Å². The van der Waals surface area contributed by atoms with Crippen molar-refractivity contribution in [2.45, 2.75) is 6.92 Å². The lowest BCUT2D eigenvalue weighted by Gasteiger charge is -2.34. The molecule has 2 heterocycles. The van der Waals surface area contributed by atoms with Crippen LogP contribution in [0.1, 0.15) is 11.6 Å². The molecule has 154 valence electrons. The van der Waals surface area contributed by atoms with E-state index in [-0.39, 0.29) is 5.91 Å². The number of piperazine rings is 1. The van der Waals surface area contributed by atoms with Gasteiger partial charge in [0.1, 0.15) is 17.6 Å². The number of oxazole rings is 1. The highest BCUT2D eigenvalue weighted by atomic mass is 32.2. The van der Waals surface area contributed by atoms with E-state index in [1.54, 1.807) is 25.8 Å². The van der Waals surface area contributed by atoms with Crippen LogP contribution < -0.4 is 14.4 Å². The molecule has 0 radical (unpaired) electrons. The zero-order chi connectivity index (χ0) is 20.6. The van der Waals surface area contributed by atoms with Crippen molar-refractivity contribution in [3.05, 3.63) is 35.9 Å². The Bertz CT molecular complexity index is 854. The van der Waals surface area contributed by atoms with Crippen LogP contribution in [0.5, 0.6) is 11.5 Å². The summed E-state index contributed by atoms with van der Waals surface area (Å²) in [7, 11) is 1.63. The maximum Gasteiger partial charge on any atom is 0.234 e. The summed E-state index contributed by atoms with van der Waals surface area (Å²) in [5.74, 6) is 3.84. The number of amides is 1. The van der Waals surface area contributed by atoms with Crippen molar-refractivity contribution < 1.29 is 18.7 Å². The van der Waals surface area contributed by atoms with Crippen LogP contribution >= 0.6 is 11.8 Å². The first-order valence-electron chi connectivity index (χ1n) is 9.35. The number of nitriles is 1. The van der Waals surface area contributed by atoms with Crippen LogP contribution in [-0.4, -0.2) is 67.2 Å². The lowest BCUT2D eigenvalue weighted by atomic mass is 10.3. The minimum Gasteiger partial charge on any atom is -0.497 e. The number of carbonyl (C=O) groups is 1. The summed E-state index contributed by atoms with van der Waals surface area (Å²) in [6.45, 7) is 4.72. The molecular formula is C20H24N4O4S. The number of nitrogens with zero attached hydrogens (tertiary/aromatic N) is 4. The molecular weight excluding hydrogens is 392 g/mol. The summed E-state index contributed by atoms with van der Waals surface area (Å²) < 4.78 is 16.3. The topological polar surface area (TPSA) is 91.8 Å². The first-order chi connectivity index (χ1) is 14.1. The smallest absolute Gasteiger partial charge is 0.234 e. The van der Waals surface area contributed by atoms with Crippen molar-refractivity contribution >= 4 is 23.6 Å². The number of hydrogen-bond donors (Lipinski definition) is 0. The second-order valence-corrected chi connectivity index (χ2v) is 7.55. The van der Waals surface area contributed by atoms with E-state index >= 15 is 0 Å². The summed E-state index contributed by atoms with van der Waals surface area (Å²) in [6.07, 6.45) is 0. The number of ether oxygens (including phenoxy) is 2. The van der Waals surface area contributed by atoms with E-state index in [0.29, 0.717) is 56.0 Å². The van der Waals surface area contributed by atoms with Gasteiger partial charge in [-0.05, 0) is 24.3 Å². The van der Waals surface area contributed by atoms with Crippen LogP contribution in [0.2, 0.25) is 0 Å². The number of aromatic nitrogens is 1. The molecule has 0 unspecified atom stereocenters. The number of thioether (sulfide) groups is 1. The first kappa shape index (κ1) is 20.9. The van der Waals surface area contributed by atoms with E-state index < -0.39 is 0 Å². The predicted octanol–water partition coefficient (Wildman–Crippen LogP) is 2.32. The van der Waals surface area contributed by atoms with Crippen LogP contribution in [0.15, 0.2) is 28.7 Å². The fraction of sp³-hybridized carbons (Fsp3) is 0.450. The molecule has 0 spiro atoms. The van der Waals surface area contributed by atoms with E-state index in [2.05, 4.69) is 11.1 Å². The maximum absolute atomic E-state index is 12.4. The van der Waals surface area contributed by atoms with Crippen LogP contribution in [0, 0.1) is 18.3 Å². The highest BCUT2D eigenvalue weighted by Crippen LogP contribution is 2.23. The molecule has 9 heteroatoms. The molecule has 0 N–H and O–H groups in total. The van der Waals surface area contributed by atoms with E-state index in [1.165, 1.54) is 0 Å². The van der Waals surface area contributed by atoms with E-state index in [1.807, 2.05) is 34.1 Å². The highest BCUT2D eigenvalue weighted by Gasteiger charge is 2.25. The number of methoxy groups -OCH3 is 1. The van der Waals surface area contributed by atoms with Crippen LogP contribution in [0.25, 0.3) is 0 Å². The summed E-state index contributed by atoms with van der Waals surface area (Å²) in [4.78, 5) is 20.3.